The van der Waals surface area contributed by atoms with Gasteiger partial charge >= 0.3 is 0 Å². The molecule has 2 aromatic carbocycles. The van der Waals surface area contributed by atoms with Gasteiger partial charge in [-0.05, 0) is 53.6 Å². The first-order valence-corrected chi connectivity index (χ1v) is 10.6. The Morgan fingerprint density at radius 2 is 1.66 bits per heavy atom. The summed E-state index contributed by atoms with van der Waals surface area (Å²) in [5, 5.41) is 2.66. The molecule has 1 saturated carbocycles. The number of nitrogens with zero attached hydrogens (tertiary/aromatic N) is 2. The van der Waals surface area contributed by atoms with Gasteiger partial charge in [-0.3, -0.25) is 4.79 Å². The van der Waals surface area contributed by atoms with Gasteiger partial charge in [0.05, 0.1) is 0 Å². The first kappa shape index (κ1) is 18.4. The number of likely N-dealkylation sites (tertiary alicyclic amines) is 1. The molecule has 1 aromatic heterocycles. The molecule has 1 amide bonds. The highest BCUT2D eigenvalue weighted by molar-refractivity contribution is 6.30. The van der Waals surface area contributed by atoms with Gasteiger partial charge in [0.25, 0.3) is 0 Å². The van der Waals surface area contributed by atoms with Crippen molar-refractivity contribution in [3.05, 3.63) is 59.9 Å². The average Bonchev–Trinajstić information content (AvgIpc) is 3.59. The van der Waals surface area contributed by atoms with Crippen LogP contribution in [0.25, 0.3) is 21.9 Å². The van der Waals surface area contributed by atoms with E-state index < -0.39 is 0 Å². The van der Waals surface area contributed by atoms with Crippen molar-refractivity contribution in [1.82, 2.24) is 9.88 Å². The monoisotopic (exact) mass is 406 g/mol. The Bertz CT molecular complexity index is 1040. The maximum atomic E-state index is 12.2. The number of carbonyl (C=O) groups excluding carboxylic acids is 1. The normalized spacial score (nSPS) is 17.5. The first-order valence-electron chi connectivity index (χ1n) is 10.3. The third-order valence-electron chi connectivity index (χ3n) is 5.86. The maximum Gasteiger partial charge on any atom is 0.225 e. The molecule has 0 bridgehead atoms. The van der Waals surface area contributed by atoms with Crippen molar-refractivity contribution in [2.24, 2.45) is 5.92 Å². The van der Waals surface area contributed by atoms with Crippen molar-refractivity contribution < 1.29 is 9.53 Å². The quantitative estimate of drug-likeness (QED) is 0.549. The Morgan fingerprint density at radius 3 is 2.38 bits per heavy atom. The summed E-state index contributed by atoms with van der Waals surface area (Å²) in [6.07, 6.45) is 5.92. The minimum Gasteiger partial charge on any atom is -0.490 e. The van der Waals surface area contributed by atoms with E-state index in [4.69, 9.17) is 16.3 Å². The van der Waals surface area contributed by atoms with E-state index in [-0.39, 0.29) is 6.10 Å². The third-order valence-corrected chi connectivity index (χ3v) is 6.07. The standard InChI is InChI=1S/C24H23ClN2O2/c25-23-14-20-13-18(3-4-19(20)15-26-23)16-5-7-21(8-6-16)29-22-9-11-27(12-10-22)24(28)17-1-2-17/h3-8,13-15,17,22H,1-2,9-12H2. The van der Waals surface area contributed by atoms with Crippen LogP contribution in [0.5, 0.6) is 5.75 Å². The summed E-state index contributed by atoms with van der Waals surface area (Å²) in [6.45, 7) is 1.62. The molecule has 5 rings (SSSR count). The molecule has 1 saturated heterocycles. The predicted octanol–water partition coefficient (Wildman–Crippen LogP) is 5.34. The molecule has 2 aliphatic rings. The zero-order chi connectivity index (χ0) is 19.8. The van der Waals surface area contributed by atoms with Crippen molar-refractivity contribution in [2.45, 2.75) is 31.8 Å². The summed E-state index contributed by atoms with van der Waals surface area (Å²) in [5.41, 5.74) is 2.27. The first-order chi connectivity index (χ1) is 14.2. The van der Waals surface area contributed by atoms with Gasteiger partial charge < -0.3 is 9.64 Å². The SMILES string of the molecule is O=C(C1CC1)N1CCC(Oc2ccc(-c3ccc4cnc(Cl)cc4c3)cc2)CC1. The number of halogens is 1. The molecule has 4 nitrogen and oxygen atoms in total. The fraction of sp³-hybridized carbons (Fsp3) is 0.333. The van der Waals surface area contributed by atoms with E-state index >= 15 is 0 Å². The van der Waals surface area contributed by atoms with E-state index in [0.29, 0.717) is 17.0 Å². The van der Waals surface area contributed by atoms with Crippen LogP contribution in [0.4, 0.5) is 0 Å². The highest BCUT2D eigenvalue weighted by atomic mass is 35.5. The largest absolute Gasteiger partial charge is 0.490 e. The Labute approximate surface area is 175 Å². The van der Waals surface area contributed by atoms with Crippen molar-refractivity contribution in [2.75, 3.05) is 13.1 Å². The van der Waals surface area contributed by atoms with E-state index in [1.165, 1.54) is 0 Å². The second-order valence-corrected chi connectivity index (χ2v) is 8.40. The Kier molecular flexibility index (Phi) is 4.88. The summed E-state index contributed by atoms with van der Waals surface area (Å²) < 4.78 is 6.17. The molecule has 148 valence electrons. The molecule has 3 aromatic rings. The number of benzene rings is 2. The summed E-state index contributed by atoms with van der Waals surface area (Å²) in [4.78, 5) is 18.3. The number of pyridine rings is 1. The molecular weight excluding hydrogens is 384 g/mol. The lowest BCUT2D eigenvalue weighted by Gasteiger charge is -2.32. The Hall–Kier alpha value is -2.59. The minimum absolute atomic E-state index is 0.180. The van der Waals surface area contributed by atoms with Crippen LogP contribution < -0.4 is 4.74 Å². The zero-order valence-electron chi connectivity index (χ0n) is 16.2. The number of piperidine rings is 1. The maximum absolute atomic E-state index is 12.2. The number of hydrogen-bond acceptors (Lipinski definition) is 3. The molecule has 29 heavy (non-hydrogen) atoms. The topological polar surface area (TPSA) is 42.4 Å². The van der Waals surface area contributed by atoms with Crippen LogP contribution in [0.2, 0.25) is 5.15 Å². The summed E-state index contributed by atoms with van der Waals surface area (Å²) in [5.74, 6) is 1.54. The van der Waals surface area contributed by atoms with E-state index in [9.17, 15) is 4.79 Å². The Balaban J connectivity index is 1.23. The van der Waals surface area contributed by atoms with Gasteiger partial charge in [-0.1, -0.05) is 35.9 Å². The molecule has 0 radical (unpaired) electrons. The number of fused-ring (bicyclic) bond motifs is 1. The summed E-state index contributed by atoms with van der Waals surface area (Å²) in [7, 11) is 0. The fourth-order valence-corrected chi connectivity index (χ4v) is 4.16. The predicted molar refractivity (Wildman–Crippen MR) is 115 cm³/mol. The van der Waals surface area contributed by atoms with Gasteiger partial charge in [0.15, 0.2) is 0 Å². The molecular formula is C24H23ClN2O2. The average molecular weight is 407 g/mol. The summed E-state index contributed by atoms with van der Waals surface area (Å²) in [6, 6.07) is 16.4. The molecule has 0 unspecified atom stereocenters. The van der Waals surface area contributed by atoms with E-state index in [0.717, 1.165) is 66.4 Å². The number of hydrogen-bond donors (Lipinski definition) is 0. The van der Waals surface area contributed by atoms with Crippen molar-refractivity contribution >= 4 is 28.3 Å². The highest BCUT2D eigenvalue weighted by Crippen LogP contribution is 2.32. The minimum atomic E-state index is 0.180. The molecule has 2 heterocycles. The lowest BCUT2D eigenvalue weighted by molar-refractivity contribution is -0.134. The molecule has 5 heteroatoms. The molecule has 1 aliphatic carbocycles. The second kappa shape index (κ2) is 7.68. The Morgan fingerprint density at radius 1 is 0.931 bits per heavy atom. The smallest absolute Gasteiger partial charge is 0.225 e. The highest BCUT2D eigenvalue weighted by Gasteiger charge is 2.35. The number of amides is 1. The van der Waals surface area contributed by atoms with Crippen LogP contribution in [0.1, 0.15) is 25.7 Å². The van der Waals surface area contributed by atoms with E-state index in [1.54, 1.807) is 6.20 Å². The van der Waals surface area contributed by atoms with Gasteiger partial charge in [-0.2, -0.15) is 0 Å². The number of carbonyl (C=O) groups is 1. The van der Waals surface area contributed by atoms with Crippen molar-refractivity contribution in [3.63, 3.8) is 0 Å². The van der Waals surface area contributed by atoms with Crippen LogP contribution >= 0.6 is 11.6 Å². The molecule has 0 spiro atoms. The second-order valence-electron chi connectivity index (χ2n) is 8.01. The van der Waals surface area contributed by atoms with Gasteiger partial charge in [-0.15, -0.1) is 0 Å². The fourth-order valence-electron chi connectivity index (χ4n) is 3.99. The van der Waals surface area contributed by atoms with Crippen LogP contribution in [-0.2, 0) is 4.79 Å². The van der Waals surface area contributed by atoms with Gasteiger partial charge in [0.2, 0.25) is 5.91 Å². The zero-order valence-corrected chi connectivity index (χ0v) is 16.9. The van der Waals surface area contributed by atoms with E-state index in [1.807, 2.05) is 23.1 Å². The van der Waals surface area contributed by atoms with Crippen LogP contribution in [0.15, 0.2) is 54.7 Å². The summed E-state index contributed by atoms with van der Waals surface area (Å²) >= 11 is 6.03. The van der Waals surface area contributed by atoms with Gasteiger partial charge in [-0.25, -0.2) is 4.98 Å². The van der Waals surface area contributed by atoms with E-state index in [2.05, 4.69) is 35.3 Å². The van der Waals surface area contributed by atoms with Crippen molar-refractivity contribution in [1.29, 1.82) is 0 Å². The lowest BCUT2D eigenvalue weighted by Crippen LogP contribution is -2.42. The third kappa shape index (κ3) is 4.08. The van der Waals surface area contributed by atoms with Crippen LogP contribution in [0, 0.1) is 5.92 Å². The number of ether oxygens (including phenoxy) is 1. The van der Waals surface area contributed by atoms with Crippen molar-refractivity contribution in [3.8, 4) is 16.9 Å². The molecule has 0 atom stereocenters. The van der Waals surface area contributed by atoms with Gasteiger partial charge in [0, 0.05) is 43.4 Å². The number of rotatable bonds is 4. The van der Waals surface area contributed by atoms with Crippen LogP contribution in [-0.4, -0.2) is 35.0 Å². The lowest BCUT2D eigenvalue weighted by atomic mass is 10.0. The molecule has 2 fully saturated rings. The number of aromatic nitrogens is 1. The van der Waals surface area contributed by atoms with Crippen LogP contribution in [0.3, 0.4) is 0 Å². The molecule has 1 aliphatic heterocycles. The molecule has 0 N–H and O–H groups in total. The van der Waals surface area contributed by atoms with Gasteiger partial charge in [0.1, 0.15) is 17.0 Å².